The molecule has 0 saturated heterocycles. The van der Waals surface area contributed by atoms with Gasteiger partial charge in [0.1, 0.15) is 17.2 Å². The van der Waals surface area contributed by atoms with E-state index < -0.39 is 9.84 Å². The Balaban J connectivity index is 2.14. The molecular formula is C15H22FNO3S. The predicted molar refractivity (Wildman–Crippen MR) is 80.8 cm³/mol. The fourth-order valence-electron chi connectivity index (χ4n) is 2.54. The molecular weight excluding hydrogens is 293 g/mol. The molecule has 6 heteroatoms. The van der Waals surface area contributed by atoms with E-state index in [0.717, 1.165) is 5.56 Å². The smallest absolute Gasteiger partial charge is 0.151 e. The van der Waals surface area contributed by atoms with Crippen LogP contribution in [0.4, 0.5) is 4.39 Å². The van der Waals surface area contributed by atoms with Crippen molar-refractivity contribution in [2.75, 3.05) is 18.1 Å². The Bertz CT molecular complexity index is 613. The predicted octanol–water partition coefficient (Wildman–Crippen LogP) is 2.45. The first-order chi connectivity index (χ1) is 9.72. The van der Waals surface area contributed by atoms with Crippen LogP contribution in [0.5, 0.6) is 5.75 Å². The van der Waals surface area contributed by atoms with Crippen LogP contribution in [0.15, 0.2) is 18.2 Å². The first-order valence-electron chi connectivity index (χ1n) is 7.15. The van der Waals surface area contributed by atoms with E-state index in [1.807, 2.05) is 13.8 Å². The molecule has 1 unspecified atom stereocenters. The number of hydrogen-bond acceptors (Lipinski definition) is 4. The Morgan fingerprint density at radius 2 is 2.14 bits per heavy atom. The minimum atomic E-state index is -3.00. The molecule has 0 spiro atoms. The van der Waals surface area contributed by atoms with Crippen molar-refractivity contribution < 1.29 is 17.5 Å². The molecule has 0 bridgehead atoms. The van der Waals surface area contributed by atoms with Crippen LogP contribution in [-0.2, 0) is 9.84 Å². The zero-order chi connectivity index (χ0) is 15.7. The third kappa shape index (κ3) is 4.17. The SMILES string of the molecule is CCS(=O)(=O)CCNC1CC(C)(C)Oc2ccc(F)cc21. The monoisotopic (exact) mass is 315 g/mol. The summed E-state index contributed by atoms with van der Waals surface area (Å²) < 4.78 is 42.4. The van der Waals surface area contributed by atoms with Crippen LogP contribution >= 0.6 is 0 Å². The summed E-state index contributed by atoms with van der Waals surface area (Å²) in [5.41, 5.74) is 0.384. The van der Waals surface area contributed by atoms with Crippen molar-refractivity contribution in [2.24, 2.45) is 0 Å². The van der Waals surface area contributed by atoms with E-state index in [4.69, 9.17) is 4.74 Å². The zero-order valence-corrected chi connectivity index (χ0v) is 13.5. The van der Waals surface area contributed by atoms with Crippen LogP contribution in [0.25, 0.3) is 0 Å². The molecule has 1 aromatic rings. The number of rotatable bonds is 5. The number of sulfone groups is 1. The summed E-state index contributed by atoms with van der Waals surface area (Å²) in [5, 5.41) is 3.23. The largest absolute Gasteiger partial charge is 0.487 e. The van der Waals surface area contributed by atoms with Gasteiger partial charge in [-0.05, 0) is 32.0 Å². The molecule has 21 heavy (non-hydrogen) atoms. The fourth-order valence-corrected chi connectivity index (χ4v) is 3.26. The van der Waals surface area contributed by atoms with E-state index in [1.54, 1.807) is 13.0 Å². The molecule has 0 aromatic heterocycles. The summed E-state index contributed by atoms with van der Waals surface area (Å²) in [5.74, 6) is 0.569. The van der Waals surface area contributed by atoms with Gasteiger partial charge in [-0.1, -0.05) is 6.92 Å². The summed E-state index contributed by atoms with van der Waals surface area (Å²) in [4.78, 5) is 0. The van der Waals surface area contributed by atoms with Gasteiger partial charge >= 0.3 is 0 Å². The lowest BCUT2D eigenvalue weighted by Gasteiger charge is -2.38. The summed E-state index contributed by atoms with van der Waals surface area (Å²) in [6.45, 7) is 5.93. The highest BCUT2D eigenvalue weighted by atomic mass is 32.2. The number of nitrogens with one attached hydrogen (secondary N) is 1. The topological polar surface area (TPSA) is 55.4 Å². The van der Waals surface area contributed by atoms with Gasteiger partial charge in [0.05, 0.1) is 5.75 Å². The Kier molecular flexibility index (Phi) is 4.58. The number of ether oxygens (including phenoxy) is 1. The van der Waals surface area contributed by atoms with Gasteiger partial charge in [-0.2, -0.15) is 0 Å². The maximum Gasteiger partial charge on any atom is 0.151 e. The molecule has 1 aliphatic rings. The molecule has 4 nitrogen and oxygen atoms in total. The Morgan fingerprint density at radius 1 is 1.43 bits per heavy atom. The van der Waals surface area contributed by atoms with Crippen molar-refractivity contribution in [1.82, 2.24) is 5.32 Å². The van der Waals surface area contributed by atoms with Gasteiger partial charge in [-0.15, -0.1) is 0 Å². The van der Waals surface area contributed by atoms with Gasteiger partial charge in [0.25, 0.3) is 0 Å². The second-order valence-electron chi connectivity index (χ2n) is 5.99. The van der Waals surface area contributed by atoms with Crippen LogP contribution in [0, 0.1) is 5.82 Å². The van der Waals surface area contributed by atoms with E-state index in [0.29, 0.717) is 18.7 Å². The number of hydrogen-bond donors (Lipinski definition) is 1. The van der Waals surface area contributed by atoms with Crippen LogP contribution in [0.2, 0.25) is 0 Å². The van der Waals surface area contributed by atoms with Gasteiger partial charge in [0.2, 0.25) is 0 Å². The van der Waals surface area contributed by atoms with E-state index in [1.165, 1.54) is 12.1 Å². The molecule has 1 aromatic carbocycles. The molecule has 1 N–H and O–H groups in total. The van der Waals surface area contributed by atoms with Crippen molar-refractivity contribution in [3.05, 3.63) is 29.6 Å². The third-order valence-corrected chi connectivity index (χ3v) is 5.38. The Labute approximate surface area is 125 Å². The van der Waals surface area contributed by atoms with Crippen LogP contribution in [-0.4, -0.2) is 32.1 Å². The van der Waals surface area contributed by atoms with E-state index in [9.17, 15) is 12.8 Å². The molecule has 0 aliphatic carbocycles. The molecule has 1 aliphatic heterocycles. The lowest BCUT2D eigenvalue weighted by atomic mass is 9.89. The van der Waals surface area contributed by atoms with Gasteiger partial charge < -0.3 is 10.1 Å². The third-order valence-electron chi connectivity index (χ3n) is 3.67. The lowest BCUT2D eigenvalue weighted by molar-refractivity contribution is 0.0662. The summed E-state index contributed by atoms with van der Waals surface area (Å²) in [6, 6.07) is 4.35. The standard InChI is InChI=1S/C15H22FNO3S/c1-4-21(18,19)8-7-17-13-10-15(2,3)20-14-6-5-11(16)9-12(13)14/h5-6,9,13,17H,4,7-8,10H2,1-3H3. The lowest BCUT2D eigenvalue weighted by Crippen LogP contribution is -2.40. The van der Waals surface area contributed by atoms with Gasteiger partial charge in [-0.3, -0.25) is 0 Å². The van der Waals surface area contributed by atoms with Crippen molar-refractivity contribution in [3.63, 3.8) is 0 Å². The van der Waals surface area contributed by atoms with Gasteiger partial charge in [-0.25, -0.2) is 12.8 Å². The minimum absolute atomic E-state index is 0.0892. The van der Waals surface area contributed by atoms with Gasteiger partial charge in [0, 0.05) is 30.3 Å². The first kappa shape index (κ1) is 16.2. The molecule has 0 saturated carbocycles. The van der Waals surface area contributed by atoms with E-state index in [2.05, 4.69) is 5.32 Å². The van der Waals surface area contributed by atoms with E-state index in [-0.39, 0.29) is 29.0 Å². The molecule has 1 heterocycles. The van der Waals surface area contributed by atoms with Gasteiger partial charge in [0.15, 0.2) is 9.84 Å². The van der Waals surface area contributed by atoms with Crippen molar-refractivity contribution in [2.45, 2.75) is 38.8 Å². The molecule has 2 rings (SSSR count). The molecule has 0 fully saturated rings. The summed E-state index contributed by atoms with van der Waals surface area (Å²) >= 11 is 0. The number of benzene rings is 1. The van der Waals surface area contributed by atoms with Crippen molar-refractivity contribution >= 4 is 9.84 Å². The second-order valence-corrected chi connectivity index (χ2v) is 8.46. The number of fused-ring (bicyclic) bond motifs is 1. The highest BCUT2D eigenvalue weighted by Gasteiger charge is 2.33. The fraction of sp³-hybridized carbons (Fsp3) is 0.600. The zero-order valence-electron chi connectivity index (χ0n) is 12.6. The maximum absolute atomic E-state index is 13.4. The first-order valence-corrected chi connectivity index (χ1v) is 8.97. The average molecular weight is 315 g/mol. The molecule has 1 atom stereocenters. The quantitative estimate of drug-likeness (QED) is 0.907. The highest BCUT2D eigenvalue weighted by Crippen LogP contribution is 2.39. The molecule has 118 valence electrons. The van der Waals surface area contributed by atoms with Crippen LogP contribution < -0.4 is 10.1 Å². The van der Waals surface area contributed by atoms with Crippen molar-refractivity contribution in [3.8, 4) is 5.75 Å². The maximum atomic E-state index is 13.4. The summed E-state index contributed by atoms with van der Waals surface area (Å²) in [7, 11) is -3.00. The number of halogens is 1. The van der Waals surface area contributed by atoms with E-state index >= 15 is 0 Å². The average Bonchev–Trinajstić information content (AvgIpc) is 2.38. The highest BCUT2D eigenvalue weighted by molar-refractivity contribution is 7.91. The Morgan fingerprint density at radius 3 is 2.81 bits per heavy atom. The second kappa shape index (κ2) is 5.93. The summed E-state index contributed by atoms with van der Waals surface area (Å²) in [6.07, 6.45) is 0.662. The Hall–Kier alpha value is -1.14. The van der Waals surface area contributed by atoms with Crippen LogP contribution in [0.3, 0.4) is 0 Å². The molecule has 0 amide bonds. The minimum Gasteiger partial charge on any atom is -0.487 e. The normalized spacial score (nSPS) is 20.7. The molecule has 0 radical (unpaired) electrons. The van der Waals surface area contributed by atoms with Crippen LogP contribution in [0.1, 0.15) is 38.8 Å². The van der Waals surface area contributed by atoms with Crippen molar-refractivity contribution in [1.29, 1.82) is 0 Å².